The second-order valence-electron chi connectivity index (χ2n) is 4.43. The van der Waals surface area contributed by atoms with Crippen LogP contribution in [-0.2, 0) is 18.4 Å². The summed E-state index contributed by atoms with van der Waals surface area (Å²) in [7, 11) is 1.79. The van der Waals surface area contributed by atoms with Crippen LogP contribution in [0.1, 0.15) is 28.9 Å². The number of carboxylic acids is 1. The van der Waals surface area contributed by atoms with Crippen molar-refractivity contribution >= 4 is 11.9 Å². The number of hydrogen-bond donors (Lipinski definition) is 2. The molecule has 1 amide bonds. The molecule has 0 aliphatic heterocycles. The number of carboxylic acid groups (broad SMARTS) is 1. The van der Waals surface area contributed by atoms with Crippen molar-refractivity contribution in [2.45, 2.75) is 19.5 Å². The minimum atomic E-state index is -1.00. The highest BCUT2D eigenvalue weighted by molar-refractivity contribution is 5.93. The quantitative estimate of drug-likeness (QED) is 0.812. The van der Waals surface area contributed by atoms with Crippen LogP contribution in [0.5, 0.6) is 0 Å². The van der Waals surface area contributed by atoms with Crippen LogP contribution in [0.25, 0.3) is 0 Å². The molecule has 20 heavy (non-hydrogen) atoms. The van der Waals surface area contributed by atoms with E-state index >= 15 is 0 Å². The molecule has 0 radical (unpaired) electrons. The van der Waals surface area contributed by atoms with E-state index in [1.165, 1.54) is 24.0 Å². The summed E-state index contributed by atoms with van der Waals surface area (Å²) in [5.74, 6) is -1.31. The van der Waals surface area contributed by atoms with Crippen molar-refractivity contribution in [1.82, 2.24) is 24.9 Å². The summed E-state index contributed by atoms with van der Waals surface area (Å²) >= 11 is 0. The van der Waals surface area contributed by atoms with Crippen molar-refractivity contribution < 1.29 is 14.7 Å². The number of rotatable bonds is 5. The van der Waals surface area contributed by atoms with Gasteiger partial charge in [-0.1, -0.05) is 0 Å². The Morgan fingerprint density at radius 2 is 2.10 bits per heavy atom. The number of nitrogens with one attached hydrogen (secondary N) is 1. The van der Waals surface area contributed by atoms with E-state index in [-0.39, 0.29) is 5.91 Å². The average Bonchev–Trinajstić information content (AvgIpc) is 3.03. The zero-order chi connectivity index (χ0) is 14.7. The molecule has 0 aromatic carbocycles. The molecule has 106 valence electrons. The maximum absolute atomic E-state index is 11.9. The molecular formula is C12H15N5O3. The van der Waals surface area contributed by atoms with E-state index in [1.54, 1.807) is 24.1 Å². The van der Waals surface area contributed by atoms with E-state index in [0.717, 1.165) is 5.56 Å². The monoisotopic (exact) mass is 277 g/mol. The van der Waals surface area contributed by atoms with Gasteiger partial charge in [0.05, 0.1) is 18.0 Å². The zero-order valence-electron chi connectivity index (χ0n) is 11.1. The van der Waals surface area contributed by atoms with Gasteiger partial charge in [0.2, 0.25) is 0 Å². The van der Waals surface area contributed by atoms with Crippen LogP contribution >= 0.6 is 0 Å². The molecular weight excluding hydrogens is 262 g/mol. The summed E-state index contributed by atoms with van der Waals surface area (Å²) in [6.45, 7) is 1.85. The molecule has 0 aliphatic carbocycles. The van der Waals surface area contributed by atoms with Gasteiger partial charge in [-0.25, -0.2) is 4.79 Å². The van der Waals surface area contributed by atoms with E-state index in [4.69, 9.17) is 5.11 Å². The van der Waals surface area contributed by atoms with E-state index in [0.29, 0.717) is 12.1 Å². The number of hydrogen-bond acceptors (Lipinski definition) is 4. The Kier molecular flexibility index (Phi) is 3.83. The molecule has 1 atom stereocenters. The smallest absolute Gasteiger partial charge is 0.328 e. The van der Waals surface area contributed by atoms with Crippen molar-refractivity contribution in [2.24, 2.45) is 7.05 Å². The fraction of sp³-hybridized carbons (Fsp3) is 0.333. The molecule has 2 aromatic rings. The first-order valence-corrected chi connectivity index (χ1v) is 6.00. The zero-order valence-corrected chi connectivity index (χ0v) is 11.1. The lowest BCUT2D eigenvalue weighted by Crippen LogP contribution is -2.22. The van der Waals surface area contributed by atoms with Gasteiger partial charge in [0.25, 0.3) is 5.91 Å². The van der Waals surface area contributed by atoms with Crippen LogP contribution in [0.2, 0.25) is 0 Å². The molecule has 0 fully saturated rings. The fourth-order valence-electron chi connectivity index (χ4n) is 1.63. The molecule has 0 saturated carbocycles. The molecule has 0 bridgehead atoms. The van der Waals surface area contributed by atoms with Crippen LogP contribution < -0.4 is 5.32 Å². The lowest BCUT2D eigenvalue weighted by Gasteiger charge is -2.05. The van der Waals surface area contributed by atoms with Crippen LogP contribution in [0, 0.1) is 0 Å². The number of nitrogens with zero attached hydrogens (tertiary/aromatic N) is 4. The van der Waals surface area contributed by atoms with Crippen LogP contribution in [0.4, 0.5) is 0 Å². The predicted octanol–water partition coefficient (Wildman–Crippen LogP) is 0.192. The SMILES string of the molecule is CC(C(=O)O)n1cc(C(=O)NCc2cnn(C)c2)cn1. The molecule has 8 heteroatoms. The summed E-state index contributed by atoms with van der Waals surface area (Å²) in [5.41, 5.74) is 1.20. The van der Waals surface area contributed by atoms with Crippen molar-refractivity contribution in [3.63, 3.8) is 0 Å². The number of aliphatic carboxylic acids is 1. The Morgan fingerprint density at radius 1 is 1.35 bits per heavy atom. The lowest BCUT2D eigenvalue weighted by atomic mass is 10.3. The second-order valence-corrected chi connectivity index (χ2v) is 4.43. The van der Waals surface area contributed by atoms with Crippen molar-refractivity contribution in [1.29, 1.82) is 0 Å². The minimum Gasteiger partial charge on any atom is -0.480 e. The summed E-state index contributed by atoms with van der Waals surface area (Å²) in [4.78, 5) is 22.7. The first-order chi connectivity index (χ1) is 9.47. The van der Waals surface area contributed by atoms with Gasteiger partial charge in [0, 0.05) is 31.5 Å². The molecule has 2 N–H and O–H groups in total. The van der Waals surface area contributed by atoms with Gasteiger partial charge in [0.1, 0.15) is 6.04 Å². The fourth-order valence-corrected chi connectivity index (χ4v) is 1.63. The topological polar surface area (TPSA) is 102 Å². The summed E-state index contributed by atoms with van der Waals surface area (Å²) in [5, 5.41) is 19.5. The van der Waals surface area contributed by atoms with E-state index in [1.807, 2.05) is 0 Å². The van der Waals surface area contributed by atoms with Crippen LogP contribution in [0.3, 0.4) is 0 Å². The van der Waals surface area contributed by atoms with Gasteiger partial charge in [-0.05, 0) is 6.92 Å². The van der Waals surface area contributed by atoms with E-state index in [9.17, 15) is 9.59 Å². The molecule has 0 aliphatic rings. The molecule has 2 heterocycles. The van der Waals surface area contributed by atoms with Gasteiger partial charge in [-0.2, -0.15) is 10.2 Å². The van der Waals surface area contributed by atoms with Crippen LogP contribution in [0.15, 0.2) is 24.8 Å². The van der Waals surface area contributed by atoms with E-state index in [2.05, 4.69) is 15.5 Å². The summed E-state index contributed by atoms with van der Waals surface area (Å²) < 4.78 is 2.88. The average molecular weight is 277 g/mol. The largest absolute Gasteiger partial charge is 0.480 e. The first kappa shape index (κ1) is 13.8. The highest BCUT2D eigenvalue weighted by Crippen LogP contribution is 2.07. The minimum absolute atomic E-state index is 0.308. The van der Waals surface area contributed by atoms with Crippen LogP contribution in [-0.4, -0.2) is 36.5 Å². The molecule has 8 nitrogen and oxygen atoms in total. The van der Waals surface area contributed by atoms with E-state index < -0.39 is 12.0 Å². The third kappa shape index (κ3) is 3.02. The van der Waals surface area contributed by atoms with Gasteiger partial charge in [-0.3, -0.25) is 14.2 Å². The summed E-state index contributed by atoms with van der Waals surface area (Å²) in [6.07, 6.45) is 6.22. The van der Waals surface area contributed by atoms with Gasteiger partial charge >= 0.3 is 5.97 Å². The number of aryl methyl sites for hydroxylation is 1. The highest BCUT2D eigenvalue weighted by Gasteiger charge is 2.16. The van der Waals surface area contributed by atoms with Crippen molar-refractivity contribution in [3.8, 4) is 0 Å². The predicted molar refractivity (Wildman–Crippen MR) is 69.0 cm³/mol. The third-order valence-electron chi connectivity index (χ3n) is 2.83. The standard InChI is InChI=1S/C12H15N5O3/c1-8(12(19)20)17-7-10(5-15-17)11(18)13-3-9-4-14-16(2)6-9/h4-8H,3H2,1-2H3,(H,13,18)(H,19,20). The molecule has 0 spiro atoms. The Balaban J connectivity index is 1.97. The molecule has 0 saturated heterocycles. The first-order valence-electron chi connectivity index (χ1n) is 6.00. The Labute approximate surface area is 115 Å². The maximum atomic E-state index is 11.9. The summed E-state index contributed by atoms with van der Waals surface area (Å²) in [6, 6.07) is -0.810. The maximum Gasteiger partial charge on any atom is 0.328 e. The Morgan fingerprint density at radius 3 is 2.70 bits per heavy atom. The Bertz CT molecular complexity index is 631. The molecule has 1 unspecified atom stereocenters. The normalized spacial score (nSPS) is 12.1. The van der Waals surface area contributed by atoms with Gasteiger partial charge < -0.3 is 10.4 Å². The van der Waals surface area contributed by atoms with Gasteiger partial charge in [0.15, 0.2) is 0 Å². The molecule has 2 aromatic heterocycles. The highest BCUT2D eigenvalue weighted by atomic mass is 16.4. The second kappa shape index (κ2) is 5.55. The number of amides is 1. The number of carbonyl (C=O) groups is 2. The number of aromatic nitrogens is 4. The lowest BCUT2D eigenvalue weighted by molar-refractivity contribution is -0.140. The number of carbonyl (C=O) groups excluding carboxylic acids is 1. The third-order valence-corrected chi connectivity index (χ3v) is 2.83. The Hall–Kier alpha value is -2.64. The van der Waals surface area contributed by atoms with Crippen molar-refractivity contribution in [3.05, 3.63) is 35.9 Å². The van der Waals surface area contributed by atoms with Gasteiger partial charge in [-0.15, -0.1) is 0 Å². The molecule has 2 rings (SSSR count). The van der Waals surface area contributed by atoms with Crippen molar-refractivity contribution in [2.75, 3.05) is 0 Å².